The average molecular weight is 449 g/mol. The van der Waals surface area contributed by atoms with Gasteiger partial charge in [0.25, 0.3) is 0 Å². The molecule has 0 aliphatic heterocycles. The number of hydrogen-bond donors (Lipinski definition) is 3. The molecule has 4 N–H and O–H groups in total. The van der Waals surface area contributed by atoms with Crippen LogP contribution in [0.25, 0.3) is 22.6 Å². The summed E-state index contributed by atoms with van der Waals surface area (Å²) in [4.78, 5) is 24.4. The highest BCUT2D eigenvalue weighted by Crippen LogP contribution is 2.46. The number of nitriles is 1. The predicted molar refractivity (Wildman–Crippen MR) is 113 cm³/mol. The molecule has 8 heteroatoms. The first kappa shape index (κ1) is 17.9. The number of anilines is 1. The Balaban J connectivity index is 1.54. The van der Waals surface area contributed by atoms with Crippen molar-refractivity contribution in [3.8, 4) is 17.5 Å². The van der Waals surface area contributed by atoms with Crippen LogP contribution in [-0.2, 0) is 4.79 Å². The van der Waals surface area contributed by atoms with E-state index in [0.717, 1.165) is 27.7 Å². The van der Waals surface area contributed by atoms with Crippen LogP contribution in [0.2, 0.25) is 0 Å². The largest absolute Gasteiger partial charge is 0.378 e. The van der Waals surface area contributed by atoms with Gasteiger partial charge in [-0.05, 0) is 58.5 Å². The van der Waals surface area contributed by atoms with Crippen molar-refractivity contribution >= 4 is 38.7 Å². The average Bonchev–Trinajstić information content (AvgIpc) is 3.44. The van der Waals surface area contributed by atoms with Crippen molar-refractivity contribution in [2.45, 2.75) is 12.5 Å². The number of benzene rings is 1. The van der Waals surface area contributed by atoms with Crippen molar-refractivity contribution in [3.63, 3.8) is 0 Å². The number of H-pyrrole nitrogens is 1. The molecule has 4 atom stereocenters. The van der Waals surface area contributed by atoms with Gasteiger partial charge in [-0.2, -0.15) is 5.26 Å². The van der Waals surface area contributed by atoms with Gasteiger partial charge in [0.15, 0.2) is 5.65 Å². The predicted octanol–water partition coefficient (Wildman–Crippen LogP) is 3.35. The van der Waals surface area contributed by atoms with Crippen LogP contribution in [0.15, 0.2) is 47.1 Å². The maximum atomic E-state index is 12.1. The Labute approximate surface area is 175 Å². The number of rotatable bonds is 4. The van der Waals surface area contributed by atoms with Crippen LogP contribution >= 0.6 is 15.9 Å². The van der Waals surface area contributed by atoms with E-state index in [1.165, 1.54) is 0 Å². The number of halogens is 1. The Hall–Kier alpha value is -3.18. The first-order chi connectivity index (χ1) is 14.0. The number of fused-ring (bicyclic) bond motifs is 3. The summed E-state index contributed by atoms with van der Waals surface area (Å²) in [7, 11) is 0. The Morgan fingerprint density at radius 3 is 2.76 bits per heavy atom. The van der Waals surface area contributed by atoms with Crippen LogP contribution in [0.1, 0.15) is 12.0 Å². The first-order valence-corrected chi connectivity index (χ1v) is 10.1. The van der Waals surface area contributed by atoms with E-state index in [-0.39, 0.29) is 29.7 Å². The second kappa shape index (κ2) is 6.71. The number of amides is 1. The zero-order valence-electron chi connectivity index (χ0n) is 15.3. The standard InChI is InChI=1S/C21H17BrN6O/c22-14-9-25-21-18(27-20(28-21)11-3-1-10(8-23)2-4-11)17(14)26-16-13-6-5-12(7-13)15(16)19(24)29/h1-6,9,12-13,15-16H,7H2,(H2,24,29)(H2,25,26,27,28). The van der Waals surface area contributed by atoms with Crippen molar-refractivity contribution in [2.24, 2.45) is 23.5 Å². The fourth-order valence-electron chi connectivity index (χ4n) is 4.49. The van der Waals surface area contributed by atoms with E-state index in [2.05, 4.69) is 54.4 Å². The normalized spacial score (nSPS) is 24.7. The summed E-state index contributed by atoms with van der Waals surface area (Å²) in [5.74, 6) is 0.623. The third-order valence-corrected chi connectivity index (χ3v) is 6.46. The second-order valence-electron chi connectivity index (χ2n) is 7.50. The molecule has 29 heavy (non-hydrogen) atoms. The van der Waals surface area contributed by atoms with Crippen LogP contribution in [0.5, 0.6) is 0 Å². The first-order valence-electron chi connectivity index (χ1n) is 9.34. The van der Waals surface area contributed by atoms with Crippen molar-refractivity contribution in [2.75, 3.05) is 5.32 Å². The molecular weight excluding hydrogens is 432 g/mol. The van der Waals surface area contributed by atoms with Gasteiger partial charge in [-0.25, -0.2) is 9.97 Å². The van der Waals surface area contributed by atoms with Crippen molar-refractivity contribution < 1.29 is 4.79 Å². The van der Waals surface area contributed by atoms with Gasteiger partial charge in [-0.1, -0.05) is 12.2 Å². The maximum absolute atomic E-state index is 12.1. The minimum Gasteiger partial charge on any atom is -0.378 e. The minimum absolute atomic E-state index is 0.0638. The zero-order valence-corrected chi connectivity index (χ0v) is 16.8. The molecule has 1 fully saturated rings. The van der Waals surface area contributed by atoms with Crippen LogP contribution in [0.4, 0.5) is 5.69 Å². The van der Waals surface area contributed by atoms with Gasteiger partial charge in [0, 0.05) is 17.8 Å². The van der Waals surface area contributed by atoms with E-state index >= 15 is 0 Å². The number of allylic oxidation sites excluding steroid dienone is 1. The number of aromatic nitrogens is 3. The lowest BCUT2D eigenvalue weighted by Crippen LogP contribution is -2.41. The molecule has 4 unspecified atom stereocenters. The third kappa shape index (κ3) is 2.89. The fourth-order valence-corrected chi connectivity index (χ4v) is 4.90. The quantitative estimate of drug-likeness (QED) is 0.528. The van der Waals surface area contributed by atoms with Gasteiger partial charge in [-0.15, -0.1) is 0 Å². The highest BCUT2D eigenvalue weighted by molar-refractivity contribution is 9.10. The Morgan fingerprint density at radius 2 is 2.03 bits per heavy atom. The van der Waals surface area contributed by atoms with Gasteiger partial charge in [0.2, 0.25) is 5.91 Å². The number of nitrogens with one attached hydrogen (secondary N) is 2. The molecule has 1 saturated carbocycles. The van der Waals surface area contributed by atoms with Crippen LogP contribution in [0.3, 0.4) is 0 Å². The molecule has 0 saturated heterocycles. The molecule has 0 spiro atoms. The molecule has 2 aromatic heterocycles. The molecule has 7 nitrogen and oxygen atoms in total. The molecule has 1 amide bonds. The summed E-state index contributed by atoms with van der Waals surface area (Å²) >= 11 is 3.58. The maximum Gasteiger partial charge on any atom is 0.223 e. The fraction of sp³-hybridized carbons (Fsp3) is 0.238. The molecule has 2 aliphatic rings. The molecule has 5 rings (SSSR count). The molecule has 1 aromatic carbocycles. The van der Waals surface area contributed by atoms with Crippen LogP contribution in [0, 0.1) is 29.1 Å². The topological polar surface area (TPSA) is 120 Å². The van der Waals surface area contributed by atoms with E-state index < -0.39 is 0 Å². The van der Waals surface area contributed by atoms with Crippen molar-refractivity contribution in [3.05, 3.63) is 52.7 Å². The smallest absolute Gasteiger partial charge is 0.223 e. The highest BCUT2D eigenvalue weighted by atomic mass is 79.9. The van der Waals surface area contributed by atoms with Crippen molar-refractivity contribution in [1.29, 1.82) is 5.26 Å². The van der Waals surface area contributed by atoms with E-state index in [9.17, 15) is 4.79 Å². The molecule has 2 aliphatic carbocycles. The minimum atomic E-state index is -0.274. The lowest BCUT2D eigenvalue weighted by Gasteiger charge is -2.28. The number of nitrogens with zero attached hydrogens (tertiary/aromatic N) is 3. The van der Waals surface area contributed by atoms with Gasteiger partial charge in [0.1, 0.15) is 11.3 Å². The van der Waals surface area contributed by atoms with E-state index in [1.807, 2.05) is 12.1 Å². The van der Waals surface area contributed by atoms with Crippen LogP contribution in [-0.4, -0.2) is 26.9 Å². The Bertz CT molecular complexity index is 1190. The number of pyridine rings is 1. The summed E-state index contributed by atoms with van der Waals surface area (Å²) in [5.41, 5.74) is 9.31. The Kier molecular flexibility index (Phi) is 4.14. The van der Waals surface area contributed by atoms with E-state index in [0.29, 0.717) is 17.0 Å². The number of carbonyl (C=O) groups is 1. The van der Waals surface area contributed by atoms with Gasteiger partial charge in [-0.3, -0.25) is 4.79 Å². The summed E-state index contributed by atoms with van der Waals surface area (Å²) in [5, 5.41) is 12.5. The second-order valence-corrected chi connectivity index (χ2v) is 8.36. The summed E-state index contributed by atoms with van der Waals surface area (Å²) in [6.07, 6.45) is 6.92. The number of imidazole rings is 1. The highest BCUT2D eigenvalue weighted by Gasteiger charge is 2.47. The molecule has 2 bridgehead atoms. The SMILES string of the molecule is N#Cc1ccc(-c2nc3ncc(Br)c(NC4C5C=CC(C5)C4C(N)=O)c3[nH]2)cc1. The summed E-state index contributed by atoms with van der Waals surface area (Å²) < 4.78 is 0.787. The lowest BCUT2D eigenvalue weighted by molar-refractivity contribution is -0.122. The molecule has 2 heterocycles. The lowest BCUT2D eigenvalue weighted by atomic mass is 9.88. The van der Waals surface area contributed by atoms with Gasteiger partial charge < -0.3 is 16.0 Å². The zero-order chi connectivity index (χ0) is 20.1. The molecule has 3 aromatic rings. The van der Waals surface area contributed by atoms with E-state index in [4.69, 9.17) is 11.0 Å². The van der Waals surface area contributed by atoms with Crippen LogP contribution < -0.4 is 11.1 Å². The summed E-state index contributed by atoms with van der Waals surface area (Å²) in [6, 6.07) is 9.26. The van der Waals surface area contributed by atoms with Gasteiger partial charge in [0.05, 0.1) is 27.7 Å². The number of primary amides is 1. The molecule has 144 valence electrons. The van der Waals surface area contributed by atoms with E-state index in [1.54, 1.807) is 18.3 Å². The number of carbonyl (C=O) groups excluding carboxylic acids is 1. The van der Waals surface area contributed by atoms with Gasteiger partial charge >= 0.3 is 0 Å². The monoisotopic (exact) mass is 448 g/mol. The number of nitrogens with two attached hydrogens (primary N) is 1. The Morgan fingerprint density at radius 1 is 1.28 bits per heavy atom. The number of hydrogen-bond acceptors (Lipinski definition) is 5. The summed E-state index contributed by atoms with van der Waals surface area (Å²) in [6.45, 7) is 0. The van der Waals surface area contributed by atoms with Crippen molar-refractivity contribution in [1.82, 2.24) is 15.0 Å². The molecule has 0 radical (unpaired) electrons. The molecular formula is C21H17BrN6O. The third-order valence-electron chi connectivity index (χ3n) is 5.86. The number of aromatic amines is 1.